The fourth-order valence-electron chi connectivity index (χ4n) is 2.38. The Balaban J connectivity index is 1.96. The molecule has 1 aromatic heterocycles. The summed E-state index contributed by atoms with van der Waals surface area (Å²) in [5, 5.41) is 9.98. The van der Waals surface area contributed by atoms with Crippen LogP contribution in [0.2, 0.25) is 0 Å². The van der Waals surface area contributed by atoms with Crippen LogP contribution in [0.15, 0.2) is 42.7 Å². The second kappa shape index (κ2) is 8.46. The van der Waals surface area contributed by atoms with Crippen LogP contribution in [0, 0.1) is 0 Å². The zero-order valence-electron chi connectivity index (χ0n) is 15.1. The minimum Gasteiger partial charge on any atom is -0.354 e. The summed E-state index contributed by atoms with van der Waals surface area (Å²) in [5.41, 5.74) is 0.703. The Hall–Kier alpha value is -2.63. The van der Waals surface area contributed by atoms with Gasteiger partial charge in [-0.15, -0.1) is 0 Å². The topological polar surface area (TPSA) is 76.0 Å². The highest BCUT2D eigenvalue weighted by Gasteiger charge is 2.30. The van der Waals surface area contributed by atoms with E-state index in [0.717, 1.165) is 18.4 Å². The van der Waals surface area contributed by atoms with Crippen LogP contribution in [-0.2, 0) is 21.5 Å². The van der Waals surface area contributed by atoms with Crippen molar-refractivity contribution in [3.05, 3.63) is 48.3 Å². The highest BCUT2D eigenvalue weighted by molar-refractivity contribution is 5.92. The molecule has 0 spiro atoms. The van der Waals surface area contributed by atoms with Crippen molar-refractivity contribution < 1.29 is 9.59 Å². The number of rotatable bonds is 8. The van der Waals surface area contributed by atoms with Crippen LogP contribution >= 0.6 is 0 Å². The number of anilines is 1. The lowest BCUT2D eigenvalue weighted by molar-refractivity contribution is -0.128. The third kappa shape index (κ3) is 5.17. The van der Waals surface area contributed by atoms with Crippen molar-refractivity contribution in [3.63, 3.8) is 0 Å². The van der Waals surface area contributed by atoms with Gasteiger partial charge in [0.05, 0.1) is 18.3 Å². The van der Waals surface area contributed by atoms with Gasteiger partial charge in [-0.05, 0) is 25.8 Å². The van der Waals surface area contributed by atoms with Gasteiger partial charge >= 0.3 is 0 Å². The smallest absolute Gasteiger partial charge is 0.247 e. The number of benzene rings is 1. The maximum Gasteiger partial charge on any atom is 0.247 e. The molecule has 0 unspecified atom stereocenters. The van der Waals surface area contributed by atoms with Crippen molar-refractivity contribution in [1.82, 2.24) is 15.1 Å². The first-order valence-electron chi connectivity index (χ1n) is 8.60. The first-order chi connectivity index (χ1) is 11.9. The van der Waals surface area contributed by atoms with Gasteiger partial charge in [0.15, 0.2) is 0 Å². The summed E-state index contributed by atoms with van der Waals surface area (Å²) in [6.07, 6.45) is 5.51. The van der Waals surface area contributed by atoms with E-state index in [0.29, 0.717) is 18.7 Å². The molecule has 1 heterocycles. The molecule has 2 amide bonds. The molecule has 0 saturated carbocycles. The van der Waals surface area contributed by atoms with Crippen LogP contribution < -0.4 is 10.6 Å². The van der Waals surface area contributed by atoms with Crippen LogP contribution in [-0.4, -0.2) is 28.1 Å². The molecular formula is C19H26N4O2. The first-order valence-corrected chi connectivity index (χ1v) is 8.60. The highest BCUT2D eigenvalue weighted by Crippen LogP contribution is 2.17. The van der Waals surface area contributed by atoms with Gasteiger partial charge in [-0.1, -0.05) is 43.7 Å². The summed E-state index contributed by atoms with van der Waals surface area (Å²) in [7, 11) is 0. The lowest BCUT2D eigenvalue weighted by Gasteiger charge is -2.24. The largest absolute Gasteiger partial charge is 0.354 e. The Morgan fingerprint density at radius 1 is 1.20 bits per heavy atom. The molecule has 6 nitrogen and oxygen atoms in total. The molecule has 2 aromatic rings. The fraction of sp³-hybridized carbons (Fsp3) is 0.421. The van der Waals surface area contributed by atoms with Crippen LogP contribution in [0.25, 0.3) is 0 Å². The fourth-order valence-corrected chi connectivity index (χ4v) is 2.38. The van der Waals surface area contributed by atoms with E-state index >= 15 is 0 Å². The molecule has 0 atom stereocenters. The summed E-state index contributed by atoms with van der Waals surface area (Å²) in [6, 6.07) is 9.54. The Bertz CT molecular complexity index is 707. The van der Waals surface area contributed by atoms with Gasteiger partial charge in [-0.25, -0.2) is 0 Å². The number of carbonyl (C=O) groups excluding carboxylic acids is 2. The second-order valence-corrected chi connectivity index (χ2v) is 6.55. The lowest BCUT2D eigenvalue weighted by Crippen LogP contribution is -2.45. The van der Waals surface area contributed by atoms with Gasteiger partial charge < -0.3 is 10.6 Å². The molecular weight excluding hydrogens is 316 g/mol. The van der Waals surface area contributed by atoms with Gasteiger partial charge in [0.2, 0.25) is 11.8 Å². The summed E-state index contributed by atoms with van der Waals surface area (Å²) in [6.45, 7) is 6.34. The zero-order valence-corrected chi connectivity index (χ0v) is 15.1. The molecule has 134 valence electrons. The first kappa shape index (κ1) is 18.7. The Labute approximate surface area is 148 Å². The molecule has 1 aromatic carbocycles. The van der Waals surface area contributed by atoms with Gasteiger partial charge in [-0.3, -0.25) is 14.3 Å². The van der Waals surface area contributed by atoms with E-state index in [2.05, 4.69) is 22.7 Å². The summed E-state index contributed by atoms with van der Waals surface area (Å²) in [5.74, 6) is -0.206. The van der Waals surface area contributed by atoms with E-state index in [1.54, 1.807) is 30.9 Å². The van der Waals surface area contributed by atoms with E-state index < -0.39 is 5.54 Å². The summed E-state index contributed by atoms with van der Waals surface area (Å²) < 4.78 is 1.58. The average molecular weight is 342 g/mol. The number of hydrogen-bond donors (Lipinski definition) is 2. The Kier molecular flexibility index (Phi) is 6.33. The SMILES string of the molecule is CCCCNC(=O)C(C)(C)n1cc(NC(=O)Cc2ccccc2)cn1. The van der Waals surface area contributed by atoms with Gasteiger partial charge in [-0.2, -0.15) is 5.10 Å². The monoisotopic (exact) mass is 342 g/mol. The second-order valence-electron chi connectivity index (χ2n) is 6.55. The van der Waals surface area contributed by atoms with Crippen LogP contribution in [0.1, 0.15) is 39.2 Å². The predicted molar refractivity (Wildman–Crippen MR) is 98.2 cm³/mol. The number of nitrogens with zero attached hydrogens (tertiary/aromatic N) is 2. The number of unbranched alkanes of at least 4 members (excludes halogenated alkanes) is 1. The van der Waals surface area contributed by atoms with Crippen LogP contribution in [0.5, 0.6) is 0 Å². The third-order valence-electron chi connectivity index (χ3n) is 4.02. The van der Waals surface area contributed by atoms with Crippen molar-refractivity contribution in [3.8, 4) is 0 Å². The molecule has 0 bridgehead atoms. The summed E-state index contributed by atoms with van der Waals surface area (Å²) in [4.78, 5) is 24.5. The molecule has 2 N–H and O–H groups in total. The normalized spacial score (nSPS) is 11.2. The molecule has 0 fully saturated rings. The minimum absolute atomic E-state index is 0.0915. The Morgan fingerprint density at radius 3 is 2.60 bits per heavy atom. The summed E-state index contributed by atoms with van der Waals surface area (Å²) >= 11 is 0. The molecule has 2 rings (SSSR count). The molecule has 0 aliphatic rings. The molecule has 6 heteroatoms. The maximum absolute atomic E-state index is 12.4. The van der Waals surface area contributed by atoms with E-state index in [1.165, 1.54) is 0 Å². The van der Waals surface area contributed by atoms with Crippen molar-refractivity contribution >= 4 is 17.5 Å². The van der Waals surface area contributed by atoms with Crippen molar-refractivity contribution in [2.24, 2.45) is 0 Å². The molecule has 0 radical (unpaired) electrons. The van der Waals surface area contributed by atoms with Gasteiger partial charge in [0.1, 0.15) is 5.54 Å². The Morgan fingerprint density at radius 2 is 1.92 bits per heavy atom. The standard InChI is InChI=1S/C19H26N4O2/c1-4-5-11-20-18(25)19(2,3)23-14-16(13-21-23)22-17(24)12-15-9-7-6-8-10-15/h6-10,13-14H,4-5,11-12H2,1-3H3,(H,20,25)(H,22,24). The minimum atomic E-state index is -0.823. The quantitative estimate of drug-likeness (QED) is 0.724. The lowest BCUT2D eigenvalue weighted by atomic mass is 10.1. The van der Waals surface area contributed by atoms with Crippen LogP contribution in [0.3, 0.4) is 0 Å². The number of carbonyl (C=O) groups is 2. The van der Waals surface area contributed by atoms with E-state index in [-0.39, 0.29) is 11.8 Å². The number of nitrogens with one attached hydrogen (secondary N) is 2. The number of amides is 2. The number of hydrogen-bond acceptors (Lipinski definition) is 3. The number of aromatic nitrogens is 2. The van der Waals surface area contributed by atoms with Gasteiger partial charge in [0, 0.05) is 12.7 Å². The van der Waals surface area contributed by atoms with E-state index in [1.807, 2.05) is 30.3 Å². The molecule has 25 heavy (non-hydrogen) atoms. The van der Waals surface area contributed by atoms with Crippen molar-refractivity contribution in [2.45, 2.75) is 45.6 Å². The van der Waals surface area contributed by atoms with E-state index in [4.69, 9.17) is 0 Å². The van der Waals surface area contributed by atoms with Crippen molar-refractivity contribution in [2.75, 3.05) is 11.9 Å². The van der Waals surface area contributed by atoms with Gasteiger partial charge in [0.25, 0.3) is 0 Å². The molecule has 0 aliphatic carbocycles. The molecule has 0 saturated heterocycles. The zero-order chi connectivity index (χ0) is 18.3. The molecule has 0 aliphatic heterocycles. The average Bonchev–Trinajstić information content (AvgIpc) is 3.05. The van der Waals surface area contributed by atoms with E-state index in [9.17, 15) is 9.59 Å². The van der Waals surface area contributed by atoms with Crippen molar-refractivity contribution in [1.29, 1.82) is 0 Å². The van der Waals surface area contributed by atoms with Crippen LogP contribution in [0.4, 0.5) is 5.69 Å². The third-order valence-corrected chi connectivity index (χ3v) is 4.02. The maximum atomic E-state index is 12.4. The predicted octanol–water partition coefficient (Wildman–Crippen LogP) is 2.72. The highest BCUT2D eigenvalue weighted by atomic mass is 16.2.